The molecule has 65 heavy (non-hydrogen) atoms. The number of rotatable bonds is 32. The predicted octanol–water partition coefficient (Wildman–Crippen LogP) is 7.62. The van der Waals surface area contributed by atoms with Crippen LogP contribution in [0, 0.1) is 0 Å². The lowest BCUT2D eigenvalue weighted by molar-refractivity contribution is -0.137. The van der Waals surface area contributed by atoms with E-state index in [-0.39, 0.29) is 43.1 Å². The van der Waals surface area contributed by atoms with Crippen LogP contribution in [0.3, 0.4) is 0 Å². The van der Waals surface area contributed by atoms with E-state index in [1.54, 1.807) is 25.2 Å². The Morgan fingerprint density at radius 1 is 0.538 bits per heavy atom. The SMILES string of the molecule is CN(CCOCCOCCOCCOCCOCCOCCOCCOCCOC(=O)c1ccccc1Nc1cccc(C(F)(F)F)c1)C(=O)OCC1c2ccccc2-c2ccccc21. The molecule has 354 valence electrons. The van der Waals surface area contributed by atoms with Crippen molar-refractivity contribution in [2.45, 2.75) is 12.1 Å². The normalized spacial score (nSPS) is 12.2. The van der Waals surface area contributed by atoms with Gasteiger partial charge in [0.15, 0.2) is 0 Å². The standard InChI is InChI=1S/C48H59F3N2O12/c1-53(47(55)65-36-44-41-13-4-2-11-39(41)40-12-3-5-14-42(40)44)17-18-56-19-20-57-21-22-58-23-24-59-25-26-60-27-28-61-29-30-62-31-32-63-33-34-64-46(54)43-15-6-7-16-45(43)52-38-10-8-9-37(35-38)48(49,50)51/h2-16,35,44,52H,17-34,36H2,1H3. The van der Waals surface area contributed by atoms with Gasteiger partial charge in [0.2, 0.25) is 0 Å². The number of alkyl halides is 3. The monoisotopic (exact) mass is 912 g/mol. The summed E-state index contributed by atoms with van der Waals surface area (Å²) < 4.78 is 94.3. The maximum Gasteiger partial charge on any atom is 0.416 e. The summed E-state index contributed by atoms with van der Waals surface area (Å²) in [5.74, 6) is -0.614. The van der Waals surface area contributed by atoms with E-state index >= 15 is 0 Å². The number of fused-ring (bicyclic) bond motifs is 3. The number of likely N-dealkylation sites (N-methyl/N-ethyl adjacent to an activating group) is 1. The minimum absolute atomic E-state index is 0.00983. The molecule has 0 atom stereocenters. The van der Waals surface area contributed by atoms with Crippen molar-refractivity contribution >= 4 is 23.4 Å². The molecular formula is C48H59F3N2O12. The summed E-state index contributed by atoms with van der Waals surface area (Å²) in [6, 6.07) is 27.6. The first-order valence-electron chi connectivity index (χ1n) is 21.6. The van der Waals surface area contributed by atoms with E-state index in [9.17, 15) is 22.8 Å². The molecule has 0 spiro atoms. The van der Waals surface area contributed by atoms with E-state index in [1.165, 1.54) is 45.4 Å². The number of amides is 1. The highest BCUT2D eigenvalue weighted by atomic mass is 19.4. The average Bonchev–Trinajstić information content (AvgIpc) is 3.63. The van der Waals surface area contributed by atoms with Crippen molar-refractivity contribution in [3.05, 3.63) is 119 Å². The molecule has 0 saturated carbocycles. The van der Waals surface area contributed by atoms with Crippen LogP contribution in [0.15, 0.2) is 97.1 Å². The van der Waals surface area contributed by atoms with E-state index in [0.717, 1.165) is 12.1 Å². The summed E-state index contributed by atoms with van der Waals surface area (Å²) in [5, 5.41) is 2.86. The third kappa shape index (κ3) is 18.0. The molecule has 1 N–H and O–H groups in total. The Morgan fingerprint density at radius 2 is 0.985 bits per heavy atom. The lowest BCUT2D eigenvalue weighted by Gasteiger charge is -2.19. The van der Waals surface area contributed by atoms with Gasteiger partial charge in [-0.1, -0.05) is 66.7 Å². The number of esters is 1. The number of hydrogen-bond donors (Lipinski definition) is 1. The summed E-state index contributed by atoms with van der Waals surface area (Å²) in [6.07, 6.45) is -4.87. The fraction of sp³-hybridized carbons (Fsp3) is 0.458. The van der Waals surface area contributed by atoms with Gasteiger partial charge in [-0.05, 0) is 52.6 Å². The molecule has 0 heterocycles. The minimum Gasteiger partial charge on any atom is -0.460 e. The van der Waals surface area contributed by atoms with Crippen molar-refractivity contribution in [3.63, 3.8) is 0 Å². The Kier molecular flexibility index (Phi) is 22.5. The smallest absolute Gasteiger partial charge is 0.416 e. The molecule has 0 radical (unpaired) electrons. The summed E-state index contributed by atoms with van der Waals surface area (Å²) in [4.78, 5) is 26.8. The predicted molar refractivity (Wildman–Crippen MR) is 236 cm³/mol. The summed E-state index contributed by atoms with van der Waals surface area (Å²) in [5.41, 5.74) is 4.63. The zero-order chi connectivity index (χ0) is 46.0. The molecule has 0 saturated heterocycles. The second-order valence-electron chi connectivity index (χ2n) is 14.5. The van der Waals surface area contributed by atoms with E-state index in [1.807, 2.05) is 24.3 Å². The number of benzene rings is 4. The minimum atomic E-state index is -4.48. The van der Waals surface area contributed by atoms with Crippen molar-refractivity contribution in [2.24, 2.45) is 0 Å². The Bertz CT molecular complexity index is 1960. The van der Waals surface area contributed by atoms with Crippen LogP contribution in [0.5, 0.6) is 0 Å². The molecule has 0 aromatic heterocycles. The van der Waals surface area contributed by atoms with Gasteiger partial charge in [0.25, 0.3) is 0 Å². The van der Waals surface area contributed by atoms with Gasteiger partial charge in [0, 0.05) is 25.2 Å². The van der Waals surface area contributed by atoms with E-state index < -0.39 is 17.7 Å². The highest BCUT2D eigenvalue weighted by molar-refractivity contribution is 5.96. The molecule has 5 rings (SSSR count). The van der Waals surface area contributed by atoms with Crippen LogP contribution in [-0.4, -0.2) is 149 Å². The van der Waals surface area contributed by atoms with E-state index in [2.05, 4.69) is 29.6 Å². The molecule has 14 nitrogen and oxygen atoms in total. The third-order valence-electron chi connectivity index (χ3n) is 9.90. The van der Waals surface area contributed by atoms with Gasteiger partial charge in [-0.3, -0.25) is 0 Å². The molecule has 1 aliphatic rings. The van der Waals surface area contributed by atoms with Crippen LogP contribution in [0.1, 0.15) is 33.0 Å². The van der Waals surface area contributed by atoms with Crippen molar-refractivity contribution in [2.75, 3.05) is 138 Å². The number of carbonyl (C=O) groups excluding carboxylic acids is 2. The Balaban J connectivity index is 0.730. The number of carbonyl (C=O) groups is 2. The fourth-order valence-corrected chi connectivity index (χ4v) is 6.61. The number of hydrogen-bond acceptors (Lipinski definition) is 13. The number of halogens is 3. The molecule has 17 heteroatoms. The van der Waals surface area contributed by atoms with E-state index in [0.29, 0.717) is 111 Å². The fourth-order valence-electron chi connectivity index (χ4n) is 6.61. The highest BCUT2D eigenvalue weighted by Gasteiger charge is 2.31. The lowest BCUT2D eigenvalue weighted by Crippen LogP contribution is -2.32. The summed E-state index contributed by atoms with van der Waals surface area (Å²) >= 11 is 0. The van der Waals surface area contributed by atoms with Crippen LogP contribution in [0.2, 0.25) is 0 Å². The van der Waals surface area contributed by atoms with Gasteiger partial charge >= 0.3 is 18.2 Å². The maximum atomic E-state index is 13.1. The number of para-hydroxylation sites is 1. The van der Waals surface area contributed by atoms with Crippen molar-refractivity contribution in [1.82, 2.24) is 4.90 Å². The van der Waals surface area contributed by atoms with Gasteiger partial charge in [-0.25, -0.2) is 9.59 Å². The number of anilines is 2. The number of nitrogens with one attached hydrogen (secondary N) is 1. The van der Waals surface area contributed by atoms with Crippen molar-refractivity contribution in [3.8, 4) is 11.1 Å². The molecule has 0 fully saturated rings. The molecule has 0 unspecified atom stereocenters. The third-order valence-corrected chi connectivity index (χ3v) is 9.90. The Morgan fingerprint density at radius 3 is 1.49 bits per heavy atom. The van der Waals surface area contributed by atoms with Crippen LogP contribution in [0.25, 0.3) is 11.1 Å². The highest BCUT2D eigenvalue weighted by Crippen LogP contribution is 2.44. The zero-order valence-corrected chi connectivity index (χ0v) is 36.7. The van der Waals surface area contributed by atoms with Gasteiger partial charge in [0.1, 0.15) is 13.2 Å². The maximum absolute atomic E-state index is 13.1. The lowest BCUT2D eigenvalue weighted by atomic mass is 9.98. The summed E-state index contributed by atoms with van der Waals surface area (Å²) in [6.45, 7) is 6.84. The van der Waals surface area contributed by atoms with Gasteiger partial charge in [-0.15, -0.1) is 0 Å². The molecule has 1 amide bonds. The first-order valence-corrected chi connectivity index (χ1v) is 21.6. The largest absolute Gasteiger partial charge is 0.460 e. The number of ether oxygens (including phenoxy) is 10. The number of nitrogens with zero attached hydrogens (tertiary/aromatic N) is 1. The van der Waals surface area contributed by atoms with Gasteiger partial charge in [-0.2, -0.15) is 13.2 Å². The topological polar surface area (TPSA) is 142 Å². The first-order chi connectivity index (χ1) is 31.7. The second kappa shape index (κ2) is 28.7. The van der Waals surface area contributed by atoms with Crippen molar-refractivity contribution < 1.29 is 70.1 Å². The van der Waals surface area contributed by atoms with E-state index in [4.69, 9.17) is 47.4 Å². The van der Waals surface area contributed by atoms with Crippen LogP contribution in [0.4, 0.5) is 29.3 Å². The van der Waals surface area contributed by atoms with Crippen molar-refractivity contribution in [1.29, 1.82) is 0 Å². The van der Waals surface area contributed by atoms with Crippen LogP contribution < -0.4 is 5.32 Å². The molecule has 0 aliphatic heterocycles. The summed E-state index contributed by atoms with van der Waals surface area (Å²) in [7, 11) is 1.70. The average molecular weight is 913 g/mol. The zero-order valence-electron chi connectivity index (χ0n) is 36.7. The molecule has 4 aromatic rings. The molecule has 1 aliphatic carbocycles. The first kappa shape index (κ1) is 50.9. The van der Waals surface area contributed by atoms with Crippen LogP contribution in [-0.2, 0) is 53.5 Å². The molecule has 0 bridgehead atoms. The quantitative estimate of drug-likeness (QED) is 0.0380. The van der Waals surface area contributed by atoms with Gasteiger partial charge < -0.3 is 57.6 Å². The second-order valence-corrected chi connectivity index (χ2v) is 14.5. The molecular weight excluding hydrogens is 854 g/mol. The Labute approximate surface area is 378 Å². The van der Waals surface area contributed by atoms with Crippen LogP contribution >= 0.6 is 0 Å². The molecule has 4 aromatic carbocycles. The Hall–Kier alpha value is -5.11. The van der Waals surface area contributed by atoms with Gasteiger partial charge in [0.05, 0.1) is 123 Å².